The average molecular weight is 435 g/mol. The quantitative estimate of drug-likeness (QED) is 0.662. The van der Waals surface area contributed by atoms with Crippen LogP contribution in [-0.2, 0) is 9.59 Å². The first-order valence-corrected chi connectivity index (χ1v) is 11.3. The van der Waals surface area contributed by atoms with E-state index in [1.807, 2.05) is 12.1 Å². The third kappa shape index (κ3) is 4.35. The van der Waals surface area contributed by atoms with Crippen LogP contribution in [0.2, 0.25) is 0 Å². The van der Waals surface area contributed by atoms with E-state index in [0.717, 1.165) is 42.4 Å². The Morgan fingerprint density at radius 2 is 1.53 bits per heavy atom. The minimum absolute atomic E-state index is 0.0134. The van der Waals surface area contributed by atoms with Crippen molar-refractivity contribution in [2.75, 3.05) is 29.5 Å². The minimum Gasteiger partial charge on any atom is -0.502 e. The summed E-state index contributed by atoms with van der Waals surface area (Å²) in [5.74, 6) is 0.0638. The highest BCUT2D eigenvalue weighted by molar-refractivity contribution is 6.44. The number of hydrogen-bond donors (Lipinski definition) is 1. The van der Waals surface area contributed by atoms with Crippen molar-refractivity contribution in [1.29, 1.82) is 0 Å². The Hall–Kier alpha value is -3.28. The van der Waals surface area contributed by atoms with E-state index in [1.165, 1.54) is 0 Å². The Morgan fingerprint density at radius 1 is 0.938 bits per heavy atom. The van der Waals surface area contributed by atoms with E-state index in [9.17, 15) is 14.7 Å². The highest BCUT2D eigenvalue weighted by Crippen LogP contribution is 2.34. The topological polar surface area (TPSA) is 70.1 Å². The second-order valence-electron chi connectivity index (χ2n) is 9.08. The Labute approximate surface area is 189 Å². The predicted molar refractivity (Wildman–Crippen MR) is 126 cm³/mol. The maximum Gasteiger partial charge on any atom is 0.301 e. The summed E-state index contributed by atoms with van der Waals surface area (Å²) in [6.07, 6.45) is 2.32. The molecule has 2 amide bonds. The summed E-state index contributed by atoms with van der Waals surface area (Å²) < 4.78 is 5.67. The molecule has 0 spiro atoms. The predicted octanol–water partition coefficient (Wildman–Crippen LogP) is 4.80. The SMILES string of the molecule is CC(C)COc1ccc(C2=C(O)C(=O)N(c3ccc(N4CCC(C)CC4)cc3)C2=O)cc1. The molecule has 2 heterocycles. The molecule has 0 aromatic heterocycles. The fraction of sp³-hybridized carbons (Fsp3) is 0.385. The Kier molecular flexibility index (Phi) is 6.21. The molecule has 168 valence electrons. The third-order valence-corrected chi connectivity index (χ3v) is 6.04. The Morgan fingerprint density at radius 3 is 2.12 bits per heavy atom. The molecule has 0 atom stereocenters. The van der Waals surface area contributed by atoms with Crippen LogP contribution >= 0.6 is 0 Å². The molecular weight excluding hydrogens is 404 g/mol. The second-order valence-corrected chi connectivity index (χ2v) is 9.08. The number of hydrogen-bond acceptors (Lipinski definition) is 5. The van der Waals surface area contributed by atoms with Crippen LogP contribution < -0.4 is 14.5 Å². The van der Waals surface area contributed by atoms with Crippen molar-refractivity contribution in [1.82, 2.24) is 0 Å². The van der Waals surface area contributed by atoms with E-state index in [4.69, 9.17) is 4.74 Å². The van der Waals surface area contributed by atoms with Gasteiger partial charge in [0.1, 0.15) is 5.75 Å². The van der Waals surface area contributed by atoms with Crippen LogP contribution in [0.3, 0.4) is 0 Å². The molecule has 1 saturated heterocycles. The van der Waals surface area contributed by atoms with E-state index in [-0.39, 0.29) is 5.57 Å². The molecule has 2 aromatic rings. The van der Waals surface area contributed by atoms with Crippen LogP contribution in [0.1, 0.15) is 39.2 Å². The fourth-order valence-electron chi connectivity index (χ4n) is 4.07. The van der Waals surface area contributed by atoms with Crippen LogP contribution in [0.25, 0.3) is 5.57 Å². The fourth-order valence-corrected chi connectivity index (χ4v) is 4.07. The normalized spacial score (nSPS) is 17.6. The van der Waals surface area contributed by atoms with Crippen molar-refractivity contribution in [2.45, 2.75) is 33.6 Å². The van der Waals surface area contributed by atoms with Crippen molar-refractivity contribution < 1.29 is 19.4 Å². The monoisotopic (exact) mass is 434 g/mol. The number of imide groups is 1. The van der Waals surface area contributed by atoms with Gasteiger partial charge in [0.05, 0.1) is 17.9 Å². The lowest BCUT2D eigenvalue weighted by Crippen LogP contribution is -2.33. The number of ether oxygens (including phenoxy) is 1. The van der Waals surface area contributed by atoms with E-state index in [0.29, 0.717) is 29.5 Å². The van der Waals surface area contributed by atoms with Gasteiger partial charge in [0.25, 0.3) is 5.91 Å². The van der Waals surface area contributed by atoms with Gasteiger partial charge in [-0.05, 0) is 66.6 Å². The molecule has 32 heavy (non-hydrogen) atoms. The van der Waals surface area contributed by atoms with Crippen LogP contribution in [0, 0.1) is 11.8 Å². The van der Waals surface area contributed by atoms with Gasteiger partial charge < -0.3 is 14.7 Å². The third-order valence-electron chi connectivity index (χ3n) is 6.04. The molecule has 2 aromatic carbocycles. The Bertz CT molecular complexity index is 1020. The lowest BCUT2D eigenvalue weighted by Gasteiger charge is -2.32. The molecule has 6 heteroatoms. The number of anilines is 2. The summed E-state index contributed by atoms with van der Waals surface area (Å²) in [6.45, 7) is 9.00. The summed E-state index contributed by atoms with van der Waals surface area (Å²) in [5, 5.41) is 10.5. The molecule has 2 aliphatic heterocycles. The molecule has 0 radical (unpaired) electrons. The summed E-state index contributed by atoms with van der Waals surface area (Å²) in [4.78, 5) is 29.2. The number of piperidine rings is 1. The van der Waals surface area contributed by atoms with Crippen LogP contribution in [-0.4, -0.2) is 36.6 Å². The molecule has 0 saturated carbocycles. The average Bonchev–Trinajstić information content (AvgIpc) is 3.01. The number of nitrogens with zero attached hydrogens (tertiary/aromatic N) is 2. The maximum atomic E-state index is 13.1. The lowest BCUT2D eigenvalue weighted by molar-refractivity contribution is -0.121. The number of carbonyl (C=O) groups is 2. The lowest BCUT2D eigenvalue weighted by atomic mass is 9.99. The van der Waals surface area contributed by atoms with E-state index >= 15 is 0 Å². The Balaban J connectivity index is 1.50. The summed E-state index contributed by atoms with van der Waals surface area (Å²) in [6, 6.07) is 14.3. The molecule has 6 nitrogen and oxygen atoms in total. The zero-order valence-corrected chi connectivity index (χ0v) is 18.9. The number of rotatable bonds is 6. The number of aliphatic hydroxyl groups is 1. The van der Waals surface area contributed by atoms with Gasteiger partial charge in [-0.15, -0.1) is 0 Å². The van der Waals surface area contributed by atoms with Crippen molar-refractivity contribution in [3.8, 4) is 5.75 Å². The van der Waals surface area contributed by atoms with Gasteiger partial charge in [0, 0.05) is 18.8 Å². The van der Waals surface area contributed by atoms with E-state index in [1.54, 1.807) is 36.4 Å². The molecule has 1 N–H and O–H groups in total. The van der Waals surface area contributed by atoms with E-state index < -0.39 is 17.6 Å². The molecule has 2 aliphatic rings. The summed E-state index contributed by atoms with van der Waals surface area (Å²) in [5.41, 5.74) is 2.03. The number of benzene rings is 2. The highest BCUT2D eigenvalue weighted by atomic mass is 16.5. The van der Waals surface area contributed by atoms with Gasteiger partial charge in [-0.2, -0.15) is 0 Å². The summed E-state index contributed by atoms with van der Waals surface area (Å²) in [7, 11) is 0. The number of carbonyl (C=O) groups excluding carboxylic acids is 2. The minimum atomic E-state index is -0.704. The molecule has 0 unspecified atom stereocenters. The molecule has 0 bridgehead atoms. The van der Waals surface area contributed by atoms with Gasteiger partial charge in [-0.25, -0.2) is 4.90 Å². The van der Waals surface area contributed by atoms with Crippen LogP contribution in [0.5, 0.6) is 5.75 Å². The number of aliphatic hydroxyl groups excluding tert-OH is 1. The van der Waals surface area contributed by atoms with Gasteiger partial charge in [-0.3, -0.25) is 9.59 Å². The first-order chi connectivity index (χ1) is 15.3. The largest absolute Gasteiger partial charge is 0.502 e. The van der Waals surface area contributed by atoms with Gasteiger partial charge >= 0.3 is 5.91 Å². The highest BCUT2D eigenvalue weighted by Gasteiger charge is 2.40. The molecule has 0 aliphatic carbocycles. The van der Waals surface area contributed by atoms with E-state index in [2.05, 4.69) is 25.7 Å². The first-order valence-electron chi connectivity index (χ1n) is 11.3. The summed E-state index contributed by atoms with van der Waals surface area (Å²) >= 11 is 0. The standard InChI is InChI=1S/C26H30N2O4/c1-17(2)16-32-22-10-4-19(5-11-22)23-24(29)26(31)28(25(23)30)21-8-6-20(7-9-21)27-14-12-18(3)13-15-27/h4-11,17-18,29H,12-16H2,1-3H3. The maximum absolute atomic E-state index is 13.1. The van der Waals surface area contributed by atoms with Gasteiger partial charge in [0.2, 0.25) is 0 Å². The molecule has 1 fully saturated rings. The molecular formula is C26H30N2O4. The first kappa shape index (κ1) is 21.9. The van der Waals surface area contributed by atoms with Crippen molar-refractivity contribution >= 4 is 28.8 Å². The van der Waals surface area contributed by atoms with Gasteiger partial charge in [-0.1, -0.05) is 32.9 Å². The zero-order chi connectivity index (χ0) is 22.8. The van der Waals surface area contributed by atoms with Crippen LogP contribution in [0.15, 0.2) is 54.3 Å². The second kappa shape index (κ2) is 9.07. The van der Waals surface area contributed by atoms with Crippen molar-refractivity contribution in [2.24, 2.45) is 11.8 Å². The van der Waals surface area contributed by atoms with Crippen molar-refractivity contribution in [3.05, 3.63) is 59.9 Å². The zero-order valence-electron chi connectivity index (χ0n) is 18.9. The van der Waals surface area contributed by atoms with Crippen LogP contribution in [0.4, 0.5) is 11.4 Å². The molecule has 4 rings (SSSR count). The number of amides is 2. The smallest absolute Gasteiger partial charge is 0.301 e. The van der Waals surface area contributed by atoms with Crippen molar-refractivity contribution in [3.63, 3.8) is 0 Å². The van der Waals surface area contributed by atoms with Gasteiger partial charge in [0.15, 0.2) is 5.76 Å².